The van der Waals surface area contributed by atoms with Crippen molar-refractivity contribution in [1.29, 1.82) is 0 Å². The van der Waals surface area contributed by atoms with E-state index < -0.39 is 10.9 Å². The number of thioether (sulfide) groups is 1. The molecule has 0 N–H and O–H groups in total. The predicted octanol–water partition coefficient (Wildman–Crippen LogP) is 3.82. The lowest BCUT2D eigenvalue weighted by atomic mass is 10.0. The Morgan fingerprint density at radius 1 is 1.14 bits per heavy atom. The second-order valence-electron chi connectivity index (χ2n) is 7.58. The fraction of sp³-hybridized carbons (Fsp3) is 0.391. The van der Waals surface area contributed by atoms with Crippen LogP contribution in [0.4, 0.5) is 0 Å². The number of hydrogen-bond donors (Lipinski definition) is 0. The van der Waals surface area contributed by atoms with E-state index in [0.717, 1.165) is 28.9 Å². The zero-order chi connectivity index (χ0) is 20.4. The molecule has 5 nitrogen and oxygen atoms in total. The largest absolute Gasteiger partial charge is 0.490 e. The highest BCUT2D eigenvalue weighted by Gasteiger charge is 2.57. The summed E-state index contributed by atoms with van der Waals surface area (Å²) in [6.45, 7) is 4.48. The minimum atomic E-state index is -0.545. The van der Waals surface area contributed by atoms with Crippen molar-refractivity contribution in [2.45, 2.75) is 37.6 Å². The van der Waals surface area contributed by atoms with Crippen LogP contribution in [-0.2, 0) is 19.2 Å². The molecule has 0 aliphatic carbocycles. The summed E-state index contributed by atoms with van der Waals surface area (Å²) in [7, 11) is 0. The highest BCUT2D eigenvalue weighted by atomic mass is 32.2. The Labute approximate surface area is 175 Å². The van der Waals surface area contributed by atoms with Gasteiger partial charge in [0.05, 0.1) is 0 Å². The second kappa shape index (κ2) is 8.11. The first kappa shape index (κ1) is 19.8. The first-order valence-electron chi connectivity index (χ1n) is 9.89. The van der Waals surface area contributed by atoms with E-state index in [2.05, 4.69) is 6.07 Å². The van der Waals surface area contributed by atoms with Gasteiger partial charge in [-0.2, -0.15) is 0 Å². The van der Waals surface area contributed by atoms with E-state index in [1.165, 1.54) is 0 Å². The average molecular weight is 412 g/mol. The quantitative estimate of drug-likeness (QED) is 0.534. The minimum absolute atomic E-state index is 0.0206. The zero-order valence-electron chi connectivity index (χ0n) is 16.7. The second-order valence-corrected chi connectivity index (χ2v) is 8.88. The van der Waals surface area contributed by atoms with Gasteiger partial charge in [-0.15, -0.1) is 11.8 Å². The predicted molar refractivity (Wildman–Crippen MR) is 113 cm³/mol. The molecule has 2 fully saturated rings. The van der Waals surface area contributed by atoms with Crippen molar-refractivity contribution in [2.75, 3.05) is 19.0 Å². The topological polar surface area (TPSA) is 55.8 Å². The molecular formula is C23H25NO4S. The lowest BCUT2D eigenvalue weighted by Crippen LogP contribution is -2.46. The van der Waals surface area contributed by atoms with E-state index in [4.69, 9.17) is 9.47 Å². The molecule has 2 aliphatic heterocycles. The molecule has 0 unspecified atom stereocenters. The van der Waals surface area contributed by atoms with Crippen LogP contribution in [0.3, 0.4) is 0 Å². The maximum absolute atomic E-state index is 12.7. The van der Waals surface area contributed by atoms with Gasteiger partial charge >= 0.3 is 5.97 Å². The third-order valence-electron chi connectivity index (χ3n) is 5.42. The number of rotatable bonds is 6. The molecule has 4 rings (SSSR count). The summed E-state index contributed by atoms with van der Waals surface area (Å²) in [5.74, 6) is 0.992. The number of amides is 1. The molecule has 152 valence electrons. The Kier molecular flexibility index (Phi) is 5.54. The third-order valence-corrected chi connectivity index (χ3v) is 7.01. The molecule has 0 bridgehead atoms. The lowest BCUT2D eigenvalue weighted by Gasteiger charge is -2.33. The maximum atomic E-state index is 12.7. The molecule has 0 aromatic heterocycles. The van der Waals surface area contributed by atoms with Gasteiger partial charge in [0.2, 0.25) is 5.91 Å². The monoisotopic (exact) mass is 411 g/mol. The van der Waals surface area contributed by atoms with Crippen LogP contribution in [0.1, 0.15) is 29.5 Å². The van der Waals surface area contributed by atoms with Gasteiger partial charge < -0.3 is 14.4 Å². The van der Waals surface area contributed by atoms with Gasteiger partial charge in [0, 0.05) is 12.2 Å². The van der Waals surface area contributed by atoms with E-state index in [9.17, 15) is 9.59 Å². The number of hydrogen-bond acceptors (Lipinski definition) is 5. The van der Waals surface area contributed by atoms with Crippen molar-refractivity contribution in [3.63, 3.8) is 0 Å². The molecule has 0 radical (unpaired) electrons. The molecule has 0 spiro atoms. The highest BCUT2D eigenvalue weighted by molar-refractivity contribution is 8.00. The van der Waals surface area contributed by atoms with E-state index >= 15 is 0 Å². The molecule has 2 aromatic carbocycles. The van der Waals surface area contributed by atoms with Gasteiger partial charge in [-0.05, 0) is 49.1 Å². The standard InChI is InChI=1S/C23H25NO4S/c1-16-12-17(2)14-19(13-16)27-10-11-28-22(26)20-15-29-23(9-8-21(25)24(20)23)18-6-4-3-5-7-18/h3-7,12-14,20H,8-11,15H2,1-2H3/t20-,23-/m1/s1. The molecule has 0 saturated carbocycles. The highest BCUT2D eigenvalue weighted by Crippen LogP contribution is 2.54. The molecule has 2 saturated heterocycles. The Morgan fingerprint density at radius 3 is 2.59 bits per heavy atom. The van der Waals surface area contributed by atoms with Gasteiger partial charge in [0.15, 0.2) is 0 Å². The number of carbonyl (C=O) groups is 2. The van der Waals surface area contributed by atoms with Crippen molar-refractivity contribution in [1.82, 2.24) is 4.90 Å². The van der Waals surface area contributed by atoms with Gasteiger partial charge in [-0.3, -0.25) is 4.79 Å². The molecule has 2 heterocycles. The summed E-state index contributed by atoms with van der Waals surface area (Å²) in [5, 5.41) is 0. The van der Waals surface area contributed by atoms with Crippen molar-refractivity contribution in [3.05, 3.63) is 65.2 Å². The van der Waals surface area contributed by atoms with Gasteiger partial charge in [-0.1, -0.05) is 36.4 Å². The van der Waals surface area contributed by atoms with Gasteiger partial charge in [-0.25, -0.2) is 4.79 Å². The van der Waals surface area contributed by atoms with Crippen LogP contribution >= 0.6 is 11.8 Å². The van der Waals surface area contributed by atoms with Crippen LogP contribution < -0.4 is 4.74 Å². The molecule has 6 heteroatoms. The zero-order valence-corrected chi connectivity index (χ0v) is 17.5. The normalized spacial score (nSPS) is 23.2. The summed E-state index contributed by atoms with van der Waals surface area (Å²) in [6, 6.07) is 15.4. The molecular weight excluding hydrogens is 386 g/mol. The van der Waals surface area contributed by atoms with Crippen LogP contribution in [0, 0.1) is 13.8 Å². The number of ether oxygens (including phenoxy) is 2. The van der Waals surface area contributed by atoms with Crippen LogP contribution in [0.5, 0.6) is 5.75 Å². The first-order chi connectivity index (χ1) is 14.0. The fourth-order valence-electron chi connectivity index (χ4n) is 4.23. The number of aryl methyl sites for hydroxylation is 2. The maximum Gasteiger partial charge on any atom is 0.329 e. The van der Waals surface area contributed by atoms with E-state index in [1.54, 1.807) is 16.7 Å². The molecule has 2 aliphatic rings. The average Bonchev–Trinajstić information content (AvgIpc) is 3.24. The third kappa shape index (κ3) is 3.86. The van der Waals surface area contributed by atoms with Crippen molar-refractivity contribution < 1.29 is 19.1 Å². The van der Waals surface area contributed by atoms with E-state index in [1.807, 2.05) is 56.3 Å². The smallest absolute Gasteiger partial charge is 0.329 e. The van der Waals surface area contributed by atoms with Crippen LogP contribution in [0.2, 0.25) is 0 Å². The summed E-state index contributed by atoms with van der Waals surface area (Å²) < 4.78 is 11.2. The Hall–Kier alpha value is -2.47. The number of nitrogens with zero attached hydrogens (tertiary/aromatic N) is 1. The van der Waals surface area contributed by atoms with Gasteiger partial charge in [0.25, 0.3) is 0 Å². The molecule has 1 amide bonds. The summed E-state index contributed by atoms with van der Waals surface area (Å²) in [6.07, 6.45) is 1.18. The molecule has 2 aromatic rings. The number of fused-ring (bicyclic) bond motifs is 1. The number of carbonyl (C=O) groups excluding carboxylic acids is 2. The molecule has 29 heavy (non-hydrogen) atoms. The van der Waals surface area contributed by atoms with Crippen molar-refractivity contribution >= 4 is 23.6 Å². The van der Waals surface area contributed by atoms with Crippen LogP contribution in [0.25, 0.3) is 0 Å². The summed E-state index contributed by atoms with van der Waals surface area (Å²) in [5.41, 5.74) is 3.33. The Morgan fingerprint density at radius 2 is 1.86 bits per heavy atom. The summed E-state index contributed by atoms with van der Waals surface area (Å²) in [4.78, 5) is 26.7. The summed E-state index contributed by atoms with van der Waals surface area (Å²) >= 11 is 1.67. The van der Waals surface area contributed by atoms with Crippen molar-refractivity contribution in [2.24, 2.45) is 0 Å². The van der Waals surface area contributed by atoms with E-state index in [0.29, 0.717) is 12.2 Å². The minimum Gasteiger partial charge on any atom is -0.490 e. The first-order valence-corrected chi connectivity index (χ1v) is 10.9. The van der Waals surface area contributed by atoms with E-state index in [-0.39, 0.29) is 25.1 Å². The van der Waals surface area contributed by atoms with Crippen LogP contribution in [-0.4, -0.2) is 41.8 Å². The fourth-order valence-corrected chi connectivity index (χ4v) is 5.87. The lowest BCUT2D eigenvalue weighted by molar-refractivity contribution is -0.154. The number of benzene rings is 2. The Bertz CT molecular complexity index is 896. The van der Waals surface area contributed by atoms with Crippen LogP contribution in [0.15, 0.2) is 48.5 Å². The SMILES string of the molecule is Cc1cc(C)cc(OCCOC(=O)[C@H]2CS[C@@]3(c4ccccc4)CCC(=O)N23)c1. The Balaban J connectivity index is 1.37. The molecule has 2 atom stereocenters. The van der Waals surface area contributed by atoms with Gasteiger partial charge in [0.1, 0.15) is 29.9 Å². The van der Waals surface area contributed by atoms with Crippen molar-refractivity contribution in [3.8, 4) is 5.75 Å². The number of esters is 1.